The number of rotatable bonds is 4. The molecule has 0 aliphatic rings. The number of aromatic hydroxyl groups is 1. The average Bonchev–Trinajstić information content (AvgIpc) is 2.16. The molecule has 0 aromatic heterocycles. The van der Waals surface area contributed by atoms with Gasteiger partial charge in [-0.1, -0.05) is 0 Å². The summed E-state index contributed by atoms with van der Waals surface area (Å²) in [6.45, 7) is 2.17. The van der Waals surface area contributed by atoms with Gasteiger partial charge in [0, 0.05) is 13.1 Å². The first-order valence-electron chi connectivity index (χ1n) is 4.76. The highest BCUT2D eigenvalue weighted by atomic mass is 16.5. The summed E-state index contributed by atoms with van der Waals surface area (Å²) in [6.07, 6.45) is 0.311. The van der Waals surface area contributed by atoms with Crippen molar-refractivity contribution in [1.29, 1.82) is 0 Å². The maximum Gasteiger partial charge on any atom is 0.223 e. The number of carbonyl (C=O) groups is 1. The number of benzene rings is 1. The molecule has 0 atom stereocenters. The van der Waals surface area contributed by atoms with Crippen molar-refractivity contribution in [1.82, 2.24) is 5.32 Å². The van der Waals surface area contributed by atoms with Gasteiger partial charge < -0.3 is 15.2 Å². The Labute approximate surface area is 88.9 Å². The van der Waals surface area contributed by atoms with Crippen LogP contribution < -0.4 is 10.1 Å². The Morgan fingerprint density at radius 3 is 2.80 bits per heavy atom. The molecular weight excluding hydrogens is 194 g/mol. The monoisotopic (exact) mass is 209 g/mol. The van der Waals surface area contributed by atoms with Gasteiger partial charge >= 0.3 is 0 Å². The molecule has 4 heteroatoms. The van der Waals surface area contributed by atoms with Gasteiger partial charge in [-0.3, -0.25) is 4.79 Å². The Morgan fingerprint density at radius 1 is 1.47 bits per heavy atom. The van der Waals surface area contributed by atoms with Gasteiger partial charge in [0.05, 0.1) is 13.0 Å². The predicted molar refractivity (Wildman–Crippen MR) is 57.0 cm³/mol. The van der Waals surface area contributed by atoms with Crippen molar-refractivity contribution in [3.8, 4) is 11.5 Å². The molecule has 1 amide bonds. The smallest absolute Gasteiger partial charge is 0.223 e. The van der Waals surface area contributed by atoms with E-state index in [1.54, 1.807) is 13.1 Å². The molecule has 0 radical (unpaired) electrons. The summed E-state index contributed by atoms with van der Waals surface area (Å²) >= 11 is 0. The molecule has 15 heavy (non-hydrogen) atoms. The molecule has 2 N–H and O–H groups in total. The van der Waals surface area contributed by atoms with Crippen molar-refractivity contribution in [2.24, 2.45) is 0 Å². The number of phenolic OH excluding ortho intramolecular Hbond substituents is 1. The van der Waals surface area contributed by atoms with E-state index in [2.05, 4.69) is 5.32 Å². The fourth-order valence-electron chi connectivity index (χ4n) is 1.20. The van der Waals surface area contributed by atoms with Crippen molar-refractivity contribution in [2.45, 2.75) is 13.3 Å². The number of hydrogen-bond acceptors (Lipinski definition) is 3. The van der Waals surface area contributed by atoms with Crippen LogP contribution in [0.25, 0.3) is 0 Å². The molecular formula is C11H15NO3. The first-order chi connectivity index (χ1) is 7.11. The number of carbonyl (C=O) groups excluding carboxylic acids is 1. The number of hydrogen-bond donors (Lipinski definition) is 2. The summed E-state index contributed by atoms with van der Waals surface area (Å²) in [5.41, 5.74) is 0.921. The van der Waals surface area contributed by atoms with E-state index in [4.69, 9.17) is 4.74 Å². The van der Waals surface area contributed by atoms with Crippen LogP contribution in [0.4, 0.5) is 0 Å². The molecule has 0 heterocycles. The van der Waals surface area contributed by atoms with Crippen molar-refractivity contribution in [2.75, 3.05) is 13.7 Å². The second-order valence-corrected chi connectivity index (χ2v) is 3.28. The van der Waals surface area contributed by atoms with Crippen LogP contribution in [0.2, 0.25) is 0 Å². The molecule has 0 aliphatic heterocycles. The van der Waals surface area contributed by atoms with E-state index >= 15 is 0 Å². The van der Waals surface area contributed by atoms with Crippen molar-refractivity contribution >= 4 is 5.91 Å². The standard InChI is InChI=1S/C11H15NO3/c1-8-5-9(13)7-10(6-8)15-4-3-11(14)12-2/h5-7,13H,3-4H2,1-2H3,(H,12,14). The third-order valence-electron chi connectivity index (χ3n) is 1.91. The van der Waals surface area contributed by atoms with Crippen LogP contribution in [0, 0.1) is 6.92 Å². The normalized spacial score (nSPS) is 9.73. The number of nitrogens with one attached hydrogen (secondary N) is 1. The number of aryl methyl sites for hydroxylation is 1. The van der Waals surface area contributed by atoms with Gasteiger partial charge in [0.15, 0.2) is 0 Å². The zero-order chi connectivity index (χ0) is 11.3. The fourth-order valence-corrected chi connectivity index (χ4v) is 1.20. The Hall–Kier alpha value is -1.71. The molecule has 0 saturated carbocycles. The van der Waals surface area contributed by atoms with Gasteiger partial charge in [0.1, 0.15) is 11.5 Å². The second kappa shape index (κ2) is 5.24. The summed E-state index contributed by atoms with van der Waals surface area (Å²) in [5, 5.41) is 11.8. The molecule has 1 rings (SSSR count). The molecule has 1 aromatic carbocycles. The zero-order valence-electron chi connectivity index (χ0n) is 8.91. The van der Waals surface area contributed by atoms with E-state index in [0.29, 0.717) is 18.8 Å². The molecule has 1 aromatic rings. The van der Waals surface area contributed by atoms with Crippen LogP contribution in [-0.4, -0.2) is 24.7 Å². The largest absolute Gasteiger partial charge is 0.508 e. The molecule has 0 saturated heterocycles. The minimum Gasteiger partial charge on any atom is -0.508 e. The van der Waals surface area contributed by atoms with Crippen LogP contribution in [0.3, 0.4) is 0 Å². The predicted octanol–water partition coefficient (Wildman–Crippen LogP) is 1.22. The Bertz CT molecular complexity index is 329. The second-order valence-electron chi connectivity index (χ2n) is 3.28. The highest BCUT2D eigenvalue weighted by molar-refractivity contribution is 5.75. The van der Waals surface area contributed by atoms with E-state index in [9.17, 15) is 9.90 Å². The Morgan fingerprint density at radius 2 is 2.20 bits per heavy atom. The lowest BCUT2D eigenvalue weighted by Crippen LogP contribution is -2.20. The lowest BCUT2D eigenvalue weighted by Gasteiger charge is -2.06. The maximum absolute atomic E-state index is 10.9. The van der Waals surface area contributed by atoms with Crippen molar-refractivity contribution in [3.63, 3.8) is 0 Å². The summed E-state index contributed by atoms with van der Waals surface area (Å²) in [4.78, 5) is 10.9. The highest BCUT2D eigenvalue weighted by Crippen LogP contribution is 2.21. The van der Waals surface area contributed by atoms with Crippen molar-refractivity contribution in [3.05, 3.63) is 23.8 Å². The van der Waals surface area contributed by atoms with Gasteiger partial charge in [0.2, 0.25) is 5.91 Å². The molecule has 0 spiro atoms. The lowest BCUT2D eigenvalue weighted by molar-refractivity contribution is -0.121. The first kappa shape index (κ1) is 11.4. The minimum absolute atomic E-state index is 0.0631. The Kier molecular flexibility index (Phi) is 3.97. The van der Waals surface area contributed by atoms with Crippen LogP contribution in [0.15, 0.2) is 18.2 Å². The van der Waals surface area contributed by atoms with E-state index in [1.165, 1.54) is 6.07 Å². The number of phenols is 1. The van der Waals surface area contributed by atoms with Gasteiger partial charge in [-0.2, -0.15) is 0 Å². The van der Waals surface area contributed by atoms with Gasteiger partial charge in [-0.15, -0.1) is 0 Å². The maximum atomic E-state index is 10.9. The summed E-state index contributed by atoms with van der Waals surface area (Å²) in [5.74, 6) is 0.688. The fraction of sp³-hybridized carbons (Fsp3) is 0.364. The van der Waals surface area contributed by atoms with E-state index in [-0.39, 0.29) is 11.7 Å². The molecule has 0 aliphatic carbocycles. The van der Waals surface area contributed by atoms with Crippen LogP contribution in [0.1, 0.15) is 12.0 Å². The van der Waals surface area contributed by atoms with E-state index in [0.717, 1.165) is 5.56 Å². The molecule has 0 fully saturated rings. The number of ether oxygens (including phenoxy) is 1. The first-order valence-corrected chi connectivity index (χ1v) is 4.76. The highest BCUT2D eigenvalue weighted by Gasteiger charge is 2.01. The SMILES string of the molecule is CNC(=O)CCOc1cc(C)cc(O)c1. The molecule has 0 unspecified atom stereocenters. The minimum atomic E-state index is -0.0631. The van der Waals surface area contributed by atoms with Crippen molar-refractivity contribution < 1.29 is 14.6 Å². The quantitative estimate of drug-likeness (QED) is 0.783. The van der Waals surface area contributed by atoms with Crippen LogP contribution in [-0.2, 0) is 4.79 Å². The van der Waals surface area contributed by atoms with E-state index < -0.39 is 0 Å². The number of amides is 1. The Balaban J connectivity index is 2.47. The van der Waals surface area contributed by atoms with Gasteiger partial charge in [-0.25, -0.2) is 0 Å². The van der Waals surface area contributed by atoms with Crippen LogP contribution in [0.5, 0.6) is 11.5 Å². The summed E-state index contributed by atoms with van der Waals surface area (Å²) in [7, 11) is 1.58. The summed E-state index contributed by atoms with van der Waals surface area (Å²) < 4.78 is 5.32. The van der Waals surface area contributed by atoms with E-state index in [1.807, 2.05) is 13.0 Å². The zero-order valence-corrected chi connectivity index (χ0v) is 8.91. The lowest BCUT2D eigenvalue weighted by atomic mass is 10.2. The molecule has 82 valence electrons. The third kappa shape index (κ3) is 3.89. The van der Waals surface area contributed by atoms with Gasteiger partial charge in [0.25, 0.3) is 0 Å². The third-order valence-corrected chi connectivity index (χ3v) is 1.91. The molecule has 0 bridgehead atoms. The molecule has 4 nitrogen and oxygen atoms in total. The van der Waals surface area contributed by atoms with Gasteiger partial charge in [-0.05, 0) is 24.6 Å². The average molecular weight is 209 g/mol. The van der Waals surface area contributed by atoms with Crippen LogP contribution >= 0.6 is 0 Å². The summed E-state index contributed by atoms with van der Waals surface area (Å²) in [6, 6.07) is 4.98. The topological polar surface area (TPSA) is 58.6 Å².